The van der Waals surface area contributed by atoms with E-state index >= 15 is 0 Å². The maximum absolute atomic E-state index is 13.8. The Morgan fingerprint density at radius 1 is 0.729 bits per heavy atom. The lowest BCUT2D eigenvalue weighted by molar-refractivity contribution is 0.0608. The second-order valence-corrected chi connectivity index (χ2v) is 13.5. The second-order valence-electron chi connectivity index (χ2n) is 12.8. The van der Waals surface area contributed by atoms with Crippen LogP contribution >= 0.6 is 0 Å². The van der Waals surface area contributed by atoms with E-state index in [0.29, 0.717) is 6.42 Å². The van der Waals surface area contributed by atoms with Crippen LogP contribution in [-0.2, 0) is 19.7 Å². The monoisotopic (exact) mass is 669 g/mol. The molecule has 3 heterocycles. The van der Waals surface area contributed by atoms with E-state index in [2.05, 4.69) is 19.2 Å². The van der Waals surface area contributed by atoms with Crippen molar-refractivity contribution in [1.29, 1.82) is 0 Å². The zero-order valence-corrected chi connectivity index (χ0v) is 26.7. The highest BCUT2D eigenvalue weighted by molar-refractivity contribution is 7.75. The van der Waals surface area contributed by atoms with Crippen LogP contribution in [0, 0.1) is 11.6 Å². The molecular weight excluding hydrogens is 636 g/mol. The molecule has 7 atom stereocenters. The zero-order chi connectivity index (χ0) is 32.9. The van der Waals surface area contributed by atoms with Crippen molar-refractivity contribution < 1.29 is 26.5 Å². The first kappa shape index (κ1) is 31.0. The molecule has 3 fully saturated rings. The van der Waals surface area contributed by atoms with Crippen LogP contribution in [0.5, 0.6) is 0 Å². The molecule has 1 N–H and O–H groups in total. The summed E-state index contributed by atoms with van der Waals surface area (Å²) in [5.41, 5.74) is 12.6. The van der Waals surface area contributed by atoms with Crippen LogP contribution in [0.2, 0.25) is 0 Å². The van der Waals surface area contributed by atoms with Gasteiger partial charge in [-0.3, -0.25) is 8.37 Å². The zero-order valence-electron chi connectivity index (χ0n) is 25.9. The summed E-state index contributed by atoms with van der Waals surface area (Å²) in [6.07, 6.45) is 4.01. The number of hydrogen-bond acceptors (Lipinski definition) is 5. The Kier molecular flexibility index (Phi) is 8.14. The number of hydrogen-bond donors (Lipinski definition) is 1. The molecule has 1 saturated heterocycles. The molecule has 9 nitrogen and oxygen atoms in total. The first-order valence-corrected chi connectivity index (χ1v) is 17.3. The summed E-state index contributed by atoms with van der Waals surface area (Å²) in [7, 11) is 0. The van der Waals surface area contributed by atoms with Crippen molar-refractivity contribution >= 4 is 55.0 Å². The Morgan fingerprint density at radius 3 is 1.90 bits per heavy atom. The van der Waals surface area contributed by atoms with Gasteiger partial charge in [0, 0.05) is 48.5 Å². The van der Waals surface area contributed by atoms with E-state index in [9.17, 15) is 18.1 Å². The fourth-order valence-corrected chi connectivity index (χ4v) is 8.98. The minimum atomic E-state index is -1.67. The molecule has 2 saturated carbocycles. The molecule has 0 spiro atoms. The quantitative estimate of drug-likeness (QED) is 0.115. The standard InChI is InChI=1S/C18H17FN4O.C18H16FNO3S/c19-11-8-9-16-13(10-11)12-4-1-2-6-15(12)23(16)17-7-3-5-14(18(17)24)21-22-20;19-11-8-9-15-13(10-11)12-4-1-2-5-14(12)20(15)16-6-3-7-17-18(16)23-24(21)22-17/h1-2,4,6,8-10,14,17-18,24H,3,5,7H2;1-2,4-5,8-10,16-18H,3,6-7H2/t14-,17+,18+;16-,17-,18+,24?/m01/s1. The molecule has 3 aliphatic rings. The van der Waals surface area contributed by atoms with Gasteiger partial charge < -0.3 is 14.2 Å². The third-order valence-electron chi connectivity index (χ3n) is 10.1. The molecule has 4 aromatic carbocycles. The highest BCUT2D eigenvalue weighted by atomic mass is 32.2. The molecule has 2 aliphatic carbocycles. The molecule has 2 aromatic heterocycles. The van der Waals surface area contributed by atoms with Gasteiger partial charge in [0.15, 0.2) is 0 Å². The molecule has 0 amide bonds. The highest BCUT2D eigenvalue weighted by Crippen LogP contribution is 2.43. The number of aliphatic hydroxyl groups excluding tert-OH is 1. The van der Waals surface area contributed by atoms with Gasteiger partial charge in [-0.2, -0.15) is 4.21 Å². The van der Waals surface area contributed by atoms with E-state index < -0.39 is 23.5 Å². The van der Waals surface area contributed by atoms with Gasteiger partial charge in [0.1, 0.15) is 23.8 Å². The summed E-state index contributed by atoms with van der Waals surface area (Å²) in [6, 6.07) is 24.9. The van der Waals surface area contributed by atoms with E-state index in [1.807, 2.05) is 54.6 Å². The predicted molar refractivity (Wildman–Crippen MR) is 181 cm³/mol. The van der Waals surface area contributed by atoms with Gasteiger partial charge >= 0.3 is 11.4 Å². The largest absolute Gasteiger partial charge is 0.391 e. The molecular formula is C36H33F2N5O4S. The number of para-hydroxylation sites is 2. The Labute approximate surface area is 277 Å². The van der Waals surface area contributed by atoms with Gasteiger partial charge in [0.2, 0.25) is 0 Å². The average molecular weight is 670 g/mol. The summed E-state index contributed by atoms with van der Waals surface area (Å²) in [5.74, 6) is -0.518. The van der Waals surface area contributed by atoms with Crippen LogP contribution in [0.15, 0.2) is 90.0 Å². The van der Waals surface area contributed by atoms with Crippen LogP contribution in [0.3, 0.4) is 0 Å². The summed E-state index contributed by atoms with van der Waals surface area (Å²) >= 11 is -1.67. The first-order valence-electron chi connectivity index (χ1n) is 16.3. The van der Waals surface area contributed by atoms with E-state index in [1.54, 1.807) is 12.1 Å². The summed E-state index contributed by atoms with van der Waals surface area (Å²) in [5, 5.41) is 18.2. The third kappa shape index (κ3) is 5.24. The van der Waals surface area contributed by atoms with Gasteiger partial charge in [-0.25, -0.2) is 8.78 Å². The Bertz CT molecular complexity index is 2250. The number of aromatic nitrogens is 2. The minimum Gasteiger partial charge on any atom is -0.391 e. The number of halogens is 2. The first-order chi connectivity index (χ1) is 23.4. The van der Waals surface area contributed by atoms with Crippen molar-refractivity contribution in [1.82, 2.24) is 9.13 Å². The topological polar surface area (TPSA) is 114 Å². The SMILES string of the molecule is O=S1O[C@H]2[C@H](n3c4ccccc4c4cc(F)ccc43)CCC[C@H]2O1.[N-]=[N+]=N[C@H]1CCC[C@@H](n2c3ccccc3c3cc(F)ccc32)[C@@H]1O. The Hall–Kier alpha value is -4.32. The lowest BCUT2D eigenvalue weighted by Gasteiger charge is -2.34. The maximum Gasteiger partial charge on any atom is 0.305 e. The molecule has 12 heteroatoms. The van der Waals surface area contributed by atoms with E-state index in [-0.39, 0.29) is 35.9 Å². The van der Waals surface area contributed by atoms with Crippen molar-refractivity contribution in [2.75, 3.05) is 0 Å². The molecule has 1 unspecified atom stereocenters. The van der Waals surface area contributed by atoms with Crippen molar-refractivity contribution in [3.05, 3.63) is 107 Å². The van der Waals surface area contributed by atoms with Crippen LogP contribution in [-0.4, -0.2) is 42.8 Å². The third-order valence-corrected chi connectivity index (χ3v) is 10.9. The van der Waals surface area contributed by atoms with Crippen LogP contribution in [0.1, 0.15) is 50.6 Å². The highest BCUT2D eigenvalue weighted by Gasteiger charge is 2.44. The maximum atomic E-state index is 13.8. The van der Waals surface area contributed by atoms with Gasteiger partial charge in [-0.05, 0) is 86.2 Å². The fourth-order valence-electron chi connectivity index (χ4n) is 8.10. The van der Waals surface area contributed by atoms with Gasteiger partial charge in [0.05, 0.1) is 24.2 Å². The molecule has 1 aliphatic heterocycles. The van der Waals surface area contributed by atoms with E-state index in [0.717, 1.165) is 75.7 Å². The molecule has 9 rings (SSSR count). The fraction of sp³-hybridized carbons (Fsp3) is 0.333. The Morgan fingerprint density at radius 2 is 1.27 bits per heavy atom. The number of rotatable bonds is 3. The predicted octanol–water partition coefficient (Wildman–Crippen LogP) is 8.72. The van der Waals surface area contributed by atoms with Gasteiger partial charge in [0.25, 0.3) is 0 Å². The molecule has 0 radical (unpaired) electrons. The smallest absolute Gasteiger partial charge is 0.305 e. The minimum absolute atomic E-state index is 0.0306. The summed E-state index contributed by atoms with van der Waals surface area (Å²) in [6.45, 7) is 0. The number of fused-ring (bicyclic) bond motifs is 7. The molecule has 6 aromatic rings. The Balaban J connectivity index is 0.000000140. The number of nitrogens with zero attached hydrogens (tertiary/aromatic N) is 5. The lowest BCUT2D eigenvalue weighted by atomic mass is 9.88. The molecule has 0 bridgehead atoms. The van der Waals surface area contributed by atoms with Crippen molar-refractivity contribution in [2.45, 2.75) is 75.0 Å². The van der Waals surface area contributed by atoms with Gasteiger partial charge in [-0.15, -0.1) is 0 Å². The number of aliphatic hydroxyl groups is 1. The van der Waals surface area contributed by atoms with Crippen LogP contribution in [0.25, 0.3) is 54.1 Å². The van der Waals surface area contributed by atoms with Crippen molar-refractivity contribution in [3.8, 4) is 0 Å². The number of benzene rings is 4. The summed E-state index contributed by atoms with van der Waals surface area (Å²) in [4.78, 5) is 2.87. The van der Waals surface area contributed by atoms with Crippen LogP contribution < -0.4 is 0 Å². The van der Waals surface area contributed by atoms with E-state index in [4.69, 9.17) is 13.9 Å². The van der Waals surface area contributed by atoms with E-state index in [1.165, 1.54) is 18.2 Å². The van der Waals surface area contributed by atoms with Gasteiger partial charge in [-0.1, -0.05) is 47.9 Å². The van der Waals surface area contributed by atoms with Crippen molar-refractivity contribution in [2.24, 2.45) is 5.11 Å². The lowest BCUT2D eigenvalue weighted by Crippen LogP contribution is -2.37. The number of azide groups is 1. The summed E-state index contributed by atoms with van der Waals surface area (Å²) < 4.78 is 54.5. The van der Waals surface area contributed by atoms with Crippen molar-refractivity contribution in [3.63, 3.8) is 0 Å². The molecule has 48 heavy (non-hydrogen) atoms. The normalized spacial score (nSPS) is 27.1. The molecule has 246 valence electrons. The average Bonchev–Trinajstić information content (AvgIpc) is 3.75. The van der Waals surface area contributed by atoms with Crippen LogP contribution in [0.4, 0.5) is 8.78 Å². The second kappa shape index (κ2) is 12.6.